The Morgan fingerprint density at radius 1 is 1.00 bits per heavy atom. The number of hydrogen-bond donors (Lipinski definition) is 3. The number of amides is 1. The largest absolute Gasteiger partial charge is 0.480 e. The van der Waals surface area contributed by atoms with Crippen molar-refractivity contribution in [2.75, 3.05) is 11.9 Å². The molecule has 0 aliphatic heterocycles. The predicted molar refractivity (Wildman–Crippen MR) is 94.1 cm³/mol. The molecule has 2 aromatic rings. The first-order chi connectivity index (χ1) is 11.5. The van der Waals surface area contributed by atoms with E-state index in [-0.39, 0.29) is 18.9 Å². The SMILES string of the molecule is Cc1cccc(C)c1NCC(=O)N[C@@H](Cc1ccccc1)C(=O)O. The molecule has 0 spiro atoms. The van der Waals surface area contributed by atoms with Crippen molar-refractivity contribution >= 4 is 17.6 Å². The number of aryl methyl sites for hydroxylation is 2. The molecule has 0 heterocycles. The van der Waals surface area contributed by atoms with Gasteiger partial charge in [0.2, 0.25) is 5.91 Å². The summed E-state index contributed by atoms with van der Waals surface area (Å²) >= 11 is 0. The molecular formula is C19H22N2O3. The van der Waals surface area contributed by atoms with E-state index in [4.69, 9.17) is 0 Å². The topological polar surface area (TPSA) is 78.4 Å². The van der Waals surface area contributed by atoms with Gasteiger partial charge >= 0.3 is 5.97 Å². The van der Waals surface area contributed by atoms with Crippen LogP contribution in [0.2, 0.25) is 0 Å². The maximum atomic E-state index is 12.1. The molecule has 2 aromatic carbocycles. The van der Waals surface area contributed by atoms with E-state index in [0.29, 0.717) is 0 Å². The van der Waals surface area contributed by atoms with Gasteiger partial charge in [-0.25, -0.2) is 4.79 Å². The fourth-order valence-electron chi connectivity index (χ4n) is 2.56. The van der Waals surface area contributed by atoms with Crippen LogP contribution in [0.4, 0.5) is 5.69 Å². The highest BCUT2D eigenvalue weighted by Gasteiger charge is 2.20. The fraction of sp³-hybridized carbons (Fsp3) is 0.263. The summed E-state index contributed by atoms with van der Waals surface area (Å²) < 4.78 is 0. The number of aliphatic carboxylic acids is 1. The van der Waals surface area contributed by atoms with E-state index in [0.717, 1.165) is 22.4 Å². The van der Waals surface area contributed by atoms with E-state index in [2.05, 4.69) is 10.6 Å². The van der Waals surface area contributed by atoms with Crippen molar-refractivity contribution < 1.29 is 14.7 Å². The zero-order valence-corrected chi connectivity index (χ0v) is 13.9. The Kier molecular flexibility index (Phi) is 5.95. The maximum absolute atomic E-state index is 12.1. The Balaban J connectivity index is 1.95. The molecule has 0 fully saturated rings. The van der Waals surface area contributed by atoms with Gasteiger partial charge in [-0.05, 0) is 30.5 Å². The number of carboxylic acid groups (broad SMARTS) is 1. The molecule has 0 bridgehead atoms. The van der Waals surface area contributed by atoms with E-state index in [9.17, 15) is 14.7 Å². The number of nitrogens with one attached hydrogen (secondary N) is 2. The monoisotopic (exact) mass is 326 g/mol. The highest BCUT2D eigenvalue weighted by Crippen LogP contribution is 2.18. The molecule has 0 unspecified atom stereocenters. The van der Waals surface area contributed by atoms with Gasteiger partial charge < -0.3 is 15.7 Å². The van der Waals surface area contributed by atoms with Crippen LogP contribution in [0.3, 0.4) is 0 Å². The maximum Gasteiger partial charge on any atom is 0.326 e. The smallest absolute Gasteiger partial charge is 0.326 e. The second-order valence-corrected chi connectivity index (χ2v) is 5.77. The minimum atomic E-state index is -1.04. The number of carbonyl (C=O) groups excluding carboxylic acids is 1. The molecule has 0 aromatic heterocycles. The number of hydrogen-bond acceptors (Lipinski definition) is 3. The number of rotatable bonds is 7. The van der Waals surface area contributed by atoms with Crippen molar-refractivity contribution in [3.63, 3.8) is 0 Å². The molecule has 0 saturated carbocycles. The van der Waals surface area contributed by atoms with Crippen LogP contribution in [0.5, 0.6) is 0 Å². The van der Waals surface area contributed by atoms with Crippen LogP contribution < -0.4 is 10.6 Å². The summed E-state index contributed by atoms with van der Waals surface area (Å²) in [7, 11) is 0. The van der Waals surface area contributed by atoms with Gasteiger partial charge in [-0.3, -0.25) is 4.79 Å². The predicted octanol–water partition coefficient (Wildman–Crippen LogP) is 2.53. The molecule has 1 amide bonds. The first-order valence-corrected chi connectivity index (χ1v) is 7.83. The molecule has 0 saturated heterocycles. The van der Waals surface area contributed by atoms with E-state index >= 15 is 0 Å². The van der Waals surface area contributed by atoms with Crippen molar-refractivity contribution in [2.45, 2.75) is 26.3 Å². The molecule has 0 radical (unpaired) electrons. The number of benzene rings is 2. The van der Waals surface area contributed by atoms with Gasteiger partial charge in [0.25, 0.3) is 0 Å². The van der Waals surface area contributed by atoms with E-state index < -0.39 is 12.0 Å². The van der Waals surface area contributed by atoms with Crippen molar-refractivity contribution in [1.82, 2.24) is 5.32 Å². The van der Waals surface area contributed by atoms with E-state index in [1.807, 2.05) is 62.4 Å². The molecule has 5 heteroatoms. The van der Waals surface area contributed by atoms with Gasteiger partial charge in [-0.15, -0.1) is 0 Å². The normalized spacial score (nSPS) is 11.6. The van der Waals surface area contributed by atoms with Crippen LogP contribution in [0.15, 0.2) is 48.5 Å². The Morgan fingerprint density at radius 3 is 2.21 bits per heavy atom. The zero-order chi connectivity index (χ0) is 17.5. The van der Waals surface area contributed by atoms with Crippen LogP contribution in [0.1, 0.15) is 16.7 Å². The molecule has 0 aliphatic rings. The molecule has 5 nitrogen and oxygen atoms in total. The Labute approximate surface area is 141 Å². The van der Waals surface area contributed by atoms with Crippen molar-refractivity contribution in [3.05, 3.63) is 65.2 Å². The highest BCUT2D eigenvalue weighted by atomic mass is 16.4. The van der Waals surface area contributed by atoms with Crippen LogP contribution in [-0.2, 0) is 16.0 Å². The van der Waals surface area contributed by atoms with E-state index in [1.165, 1.54) is 0 Å². The minimum Gasteiger partial charge on any atom is -0.480 e. The number of para-hydroxylation sites is 1. The first-order valence-electron chi connectivity index (χ1n) is 7.83. The molecule has 0 aliphatic carbocycles. The highest BCUT2D eigenvalue weighted by molar-refractivity contribution is 5.86. The Hall–Kier alpha value is -2.82. The molecule has 24 heavy (non-hydrogen) atoms. The molecule has 2 rings (SSSR count). The third-order valence-corrected chi connectivity index (χ3v) is 3.82. The second kappa shape index (κ2) is 8.15. The summed E-state index contributed by atoms with van der Waals surface area (Å²) in [5.41, 5.74) is 3.86. The van der Waals surface area contributed by atoms with Crippen molar-refractivity contribution in [1.29, 1.82) is 0 Å². The van der Waals surface area contributed by atoms with Crippen LogP contribution in [0, 0.1) is 13.8 Å². The lowest BCUT2D eigenvalue weighted by molar-refractivity contribution is -0.141. The van der Waals surface area contributed by atoms with Gasteiger partial charge in [-0.2, -0.15) is 0 Å². The van der Waals surface area contributed by atoms with Crippen LogP contribution in [0.25, 0.3) is 0 Å². The molecule has 126 valence electrons. The van der Waals surface area contributed by atoms with Crippen LogP contribution >= 0.6 is 0 Å². The van der Waals surface area contributed by atoms with Gasteiger partial charge in [0.15, 0.2) is 0 Å². The van der Waals surface area contributed by atoms with Crippen molar-refractivity contribution in [2.24, 2.45) is 0 Å². The average molecular weight is 326 g/mol. The second-order valence-electron chi connectivity index (χ2n) is 5.77. The van der Waals surface area contributed by atoms with Crippen molar-refractivity contribution in [3.8, 4) is 0 Å². The van der Waals surface area contributed by atoms with Gasteiger partial charge in [0.05, 0.1) is 6.54 Å². The fourth-order valence-corrected chi connectivity index (χ4v) is 2.56. The third-order valence-electron chi connectivity index (χ3n) is 3.82. The summed E-state index contributed by atoms with van der Waals surface area (Å²) in [6.45, 7) is 3.95. The summed E-state index contributed by atoms with van der Waals surface area (Å²) in [5, 5.41) is 15.0. The first kappa shape index (κ1) is 17.5. The third kappa shape index (κ3) is 4.84. The van der Waals surface area contributed by atoms with E-state index in [1.54, 1.807) is 0 Å². The number of anilines is 1. The number of carboxylic acids is 1. The standard InChI is InChI=1S/C19H22N2O3/c1-13-7-6-8-14(2)18(13)20-12-17(22)21-16(19(23)24)11-15-9-4-3-5-10-15/h3-10,16,20H,11-12H2,1-2H3,(H,21,22)(H,23,24)/t16-/m0/s1. The Morgan fingerprint density at radius 2 is 1.62 bits per heavy atom. The lowest BCUT2D eigenvalue weighted by atomic mass is 10.1. The zero-order valence-electron chi connectivity index (χ0n) is 13.9. The Bertz CT molecular complexity index is 694. The summed E-state index contributed by atoms with van der Waals surface area (Å²) in [5.74, 6) is -1.39. The van der Waals surface area contributed by atoms with Gasteiger partial charge in [-0.1, -0.05) is 48.5 Å². The van der Waals surface area contributed by atoms with Crippen LogP contribution in [-0.4, -0.2) is 29.6 Å². The molecule has 1 atom stereocenters. The number of carbonyl (C=O) groups is 2. The average Bonchev–Trinajstić information content (AvgIpc) is 2.54. The molecule has 3 N–H and O–H groups in total. The minimum absolute atomic E-state index is 0.0320. The van der Waals surface area contributed by atoms with Gasteiger partial charge in [0.1, 0.15) is 6.04 Å². The quantitative estimate of drug-likeness (QED) is 0.730. The molecular weight excluding hydrogens is 304 g/mol. The summed E-state index contributed by atoms with van der Waals surface area (Å²) in [6.07, 6.45) is 0.255. The lowest BCUT2D eigenvalue weighted by Crippen LogP contribution is -2.44. The van der Waals surface area contributed by atoms with Gasteiger partial charge in [0, 0.05) is 12.1 Å². The summed E-state index contributed by atoms with van der Waals surface area (Å²) in [6, 6.07) is 14.2. The lowest BCUT2D eigenvalue weighted by Gasteiger charge is -2.16. The summed E-state index contributed by atoms with van der Waals surface area (Å²) in [4.78, 5) is 23.5.